The molecule has 1 aromatic carbocycles. The lowest BCUT2D eigenvalue weighted by Crippen LogP contribution is -2.37. The first-order valence-electron chi connectivity index (χ1n) is 6.34. The Hall–Kier alpha value is -2.08. The molecule has 6 heteroatoms. The summed E-state index contributed by atoms with van der Waals surface area (Å²) in [5.41, 5.74) is 0.218. The molecule has 6 nitrogen and oxygen atoms in total. The molecule has 0 aliphatic rings. The van der Waals surface area contributed by atoms with E-state index < -0.39 is 11.6 Å². The molecule has 0 saturated carbocycles. The minimum atomic E-state index is -0.978. The van der Waals surface area contributed by atoms with E-state index in [1.165, 1.54) is 12.1 Å². The lowest BCUT2D eigenvalue weighted by atomic mass is 10.1. The van der Waals surface area contributed by atoms with Gasteiger partial charge in [0.15, 0.2) is 0 Å². The van der Waals surface area contributed by atoms with E-state index in [1.807, 2.05) is 0 Å². The average Bonchev–Trinajstić information content (AvgIpc) is 2.35. The molecule has 0 spiro atoms. The monoisotopic (exact) mass is 280 g/mol. The molecule has 0 heterocycles. The summed E-state index contributed by atoms with van der Waals surface area (Å²) in [6.07, 6.45) is 0.466. The molecule has 0 unspecified atom stereocenters. The van der Waals surface area contributed by atoms with Gasteiger partial charge in [-0.3, -0.25) is 0 Å². The van der Waals surface area contributed by atoms with Gasteiger partial charge in [0, 0.05) is 13.1 Å². The third-order valence-electron chi connectivity index (χ3n) is 2.68. The van der Waals surface area contributed by atoms with E-state index in [-0.39, 0.29) is 11.6 Å². The zero-order valence-corrected chi connectivity index (χ0v) is 11.6. The van der Waals surface area contributed by atoms with E-state index in [9.17, 15) is 14.7 Å². The second-order valence-electron chi connectivity index (χ2n) is 5.17. The summed E-state index contributed by atoms with van der Waals surface area (Å²) in [5.74, 6) is -0.978. The Balaban J connectivity index is 2.32. The molecule has 0 saturated heterocycles. The fraction of sp³-hybridized carbons (Fsp3) is 0.429. The molecule has 110 valence electrons. The van der Waals surface area contributed by atoms with E-state index in [4.69, 9.17) is 5.11 Å². The highest BCUT2D eigenvalue weighted by molar-refractivity contribution is 5.87. The van der Waals surface area contributed by atoms with Crippen molar-refractivity contribution in [2.45, 2.75) is 32.4 Å². The molecule has 4 N–H and O–H groups in total. The second-order valence-corrected chi connectivity index (χ2v) is 5.17. The van der Waals surface area contributed by atoms with Crippen molar-refractivity contribution in [1.29, 1.82) is 0 Å². The third kappa shape index (κ3) is 6.19. The topological polar surface area (TPSA) is 98.7 Å². The molecular formula is C14H20N2O4. The van der Waals surface area contributed by atoms with Gasteiger partial charge >= 0.3 is 12.0 Å². The van der Waals surface area contributed by atoms with Crippen LogP contribution < -0.4 is 10.6 Å². The maximum atomic E-state index is 11.5. The molecule has 0 fully saturated rings. The number of carbonyl (C=O) groups is 2. The third-order valence-corrected chi connectivity index (χ3v) is 2.68. The predicted molar refractivity (Wildman–Crippen MR) is 74.6 cm³/mol. The largest absolute Gasteiger partial charge is 0.478 e. The SMILES string of the molecule is CC(C)(O)CCNC(=O)NCc1ccc(C(=O)O)cc1. The van der Waals surface area contributed by atoms with Gasteiger partial charge in [-0.25, -0.2) is 9.59 Å². The van der Waals surface area contributed by atoms with Crippen LogP contribution in [0.4, 0.5) is 4.79 Å². The normalized spacial score (nSPS) is 10.9. The first-order valence-corrected chi connectivity index (χ1v) is 6.34. The smallest absolute Gasteiger partial charge is 0.335 e. The number of benzene rings is 1. The highest BCUT2D eigenvalue weighted by Crippen LogP contribution is 2.05. The van der Waals surface area contributed by atoms with Gasteiger partial charge in [0.2, 0.25) is 0 Å². The fourth-order valence-electron chi connectivity index (χ4n) is 1.49. The molecule has 1 aromatic rings. The summed E-state index contributed by atoms with van der Waals surface area (Å²) in [7, 11) is 0. The van der Waals surface area contributed by atoms with Gasteiger partial charge in [-0.2, -0.15) is 0 Å². The molecule has 0 aliphatic carbocycles. The van der Waals surface area contributed by atoms with Crippen LogP contribution in [0.25, 0.3) is 0 Å². The van der Waals surface area contributed by atoms with Crippen LogP contribution in [-0.4, -0.2) is 34.4 Å². The van der Waals surface area contributed by atoms with E-state index in [2.05, 4.69) is 10.6 Å². The van der Waals surface area contributed by atoms with Crippen molar-refractivity contribution < 1.29 is 19.8 Å². The van der Waals surface area contributed by atoms with Crippen LogP contribution in [0.3, 0.4) is 0 Å². The summed E-state index contributed by atoms with van der Waals surface area (Å²) < 4.78 is 0. The van der Waals surface area contributed by atoms with Crippen LogP contribution in [0, 0.1) is 0 Å². The molecule has 2 amide bonds. The summed E-state index contributed by atoms with van der Waals surface area (Å²) in [6, 6.07) is 5.97. The Morgan fingerprint density at radius 3 is 2.25 bits per heavy atom. The Labute approximate surface area is 117 Å². The number of carbonyl (C=O) groups excluding carboxylic acids is 1. The number of aromatic carboxylic acids is 1. The maximum absolute atomic E-state index is 11.5. The lowest BCUT2D eigenvalue weighted by Gasteiger charge is -2.17. The van der Waals surface area contributed by atoms with Gasteiger partial charge in [0.25, 0.3) is 0 Å². The van der Waals surface area contributed by atoms with Crippen molar-refractivity contribution in [2.75, 3.05) is 6.54 Å². The highest BCUT2D eigenvalue weighted by atomic mass is 16.4. The van der Waals surface area contributed by atoms with Gasteiger partial charge in [0.05, 0.1) is 11.2 Å². The zero-order chi connectivity index (χ0) is 15.2. The van der Waals surface area contributed by atoms with E-state index in [1.54, 1.807) is 26.0 Å². The van der Waals surface area contributed by atoms with E-state index in [0.717, 1.165) is 5.56 Å². The Bertz CT molecular complexity index is 463. The molecule has 0 aromatic heterocycles. The van der Waals surface area contributed by atoms with Gasteiger partial charge < -0.3 is 20.8 Å². The molecule has 0 bridgehead atoms. The molecule has 0 aliphatic heterocycles. The second kappa shape index (κ2) is 6.91. The summed E-state index contributed by atoms with van der Waals surface area (Å²) in [5, 5.41) is 23.5. The van der Waals surface area contributed by atoms with Gasteiger partial charge in [-0.1, -0.05) is 12.1 Å². The van der Waals surface area contributed by atoms with E-state index in [0.29, 0.717) is 19.5 Å². The van der Waals surface area contributed by atoms with Gasteiger partial charge in [-0.15, -0.1) is 0 Å². The number of carboxylic acids is 1. The molecule has 0 radical (unpaired) electrons. The zero-order valence-electron chi connectivity index (χ0n) is 11.6. The van der Waals surface area contributed by atoms with Crippen molar-refractivity contribution >= 4 is 12.0 Å². The van der Waals surface area contributed by atoms with Crippen molar-refractivity contribution in [3.05, 3.63) is 35.4 Å². The Kier molecular flexibility index (Phi) is 5.52. The first kappa shape index (κ1) is 16.0. The number of aliphatic hydroxyl groups is 1. The molecule has 0 atom stereocenters. The lowest BCUT2D eigenvalue weighted by molar-refractivity contribution is 0.0693. The van der Waals surface area contributed by atoms with Gasteiger partial charge in [0.1, 0.15) is 0 Å². The number of urea groups is 1. The molecule has 20 heavy (non-hydrogen) atoms. The average molecular weight is 280 g/mol. The minimum Gasteiger partial charge on any atom is -0.478 e. The van der Waals surface area contributed by atoms with Crippen LogP contribution in [0.15, 0.2) is 24.3 Å². The Morgan fingerprint density at radius 1 is 1.15 bits per heavy atom. The number of nitrogens with one attached hydrogen (secondary N) is 2. The fourth-order valence-corrected chi connectivity index (χ4v) is 1.49. The predicted octanol–water partition coefficient (Wildman–Crippen LogP) is 1.34. The van der Waals surface area contributed by atoms with Crippen LogP contribution in [-0.2, 0) is 6.54 Å². The number of carboxylic acid groups (broad SMARTS) is 1. The minimum absolute atomic E-state index is 0.211. The number of rotatable bonds is 6. The van der Waals surface area contributed by atoms with Gasteiger partial charge in [-0.05, 0) is 38.0 Å². The van der Waals surface area contributed by atoms with Crippen molar-refractivity contribution in [2.24, 2.45) is 0 Å². The molecule has 1 rings (SSSR count). The van der Waals surface area contributed by atoms with Crippen molar-refractivity contribution in [3.63, 3.8) is 0 Å². The maximum Gasteiger partial charge on any atom is 0.335 e. The van der Waals surface area contributed by atoms with Crippen LogP contribution in [0.2, 0.25) is 0 Å². The number of hydrogen-bond donors (Lipinski definition) is 4. The van der Waals surface area contributed by atoms with Crippen LogP contribution >= 0.6 is 0 Å². The van der Waals surface area contributed by atoms with Crippen molar-refractivity contribution in [1.82, 2.24) is 10.6 Å². The molecular weight excluding hydrogens is 260 g/mol. The highest BCUT2D eigenvalue weighted by Gasteiger charge is 2.12. The summed E-state index contributed by atoms with van der Waals surface area (Å²) in [4.78, 5) is 22.2. The Morgan fingerprint density at radius 2 is 1.75 bits per heavy atom. The quantitative estimate of drug-likeness (QED) is 0.632. The van der Waals surface area contributed by atoms with Crippen molar-refractivity contribution in [3.8, 4) is 0 Å². The summed E-state index contributed by atoms with van der Waals surface area (Å²) in [6.45, 7) is 4.05. The number of hydrogen-bond acceptors (Lipinski definition) is 3. The number of amides is 2. The van der Waals surface area contributed by atoms with E-state index >= 15 is 0 Å². The summed E-state index contributed by atoms with van der Waals surface area (Å²) >= 11 is 0. The first-order chi connectivity index (χ1) is 9.28. The standard InChI is InChI=1S/C14H20N2O4/c1-14(2,20)7-8-15-13(19)16-9-10-3-5-11(6-4-10)12(17)18/h3-6,20H,7-9H2,1-2H3,(H,17,18)(H2,15,16,19). The van der Waals surface area contributed by atoms with Crippen LogP contribution in [0.5, 0.6) is 0 Å². The van der Waals surface area contributed by atoms with Crippen LogP contribution in [0.1, 0.15) is 36.2 Å².